The molecule has 0 fully saturated rings. The number of amides is 1. The number of nitrogens with one attached hydrogen (secondary N) is 2. The molecule has 6 nitrogen and oxygen atoms in total. The van der Waals surface area contributed by atoms with Crippen molar-refractivity contribution in [1.82, 2.24) is 9.97 Å². The van der Waals surface area contributed by atoms with Crippen LogP contribution in [0.2, 0.25) is 0 Å². The summed E-state index contributed by atoms with van der Waals surface area (Å²) in [5, 5.41) is 6.16. The zero-order chi connectivity index (χ0) is 19.4. The van der Waals surface area contributed by atoms with Crippen molar-refractivity contribution in [3.8, 4) is 0 Å². The van der Waals surface area contributed by atoms with Crippen molar-refractivity contribution in [3.63, 3.8) is 0 Å². The number of nitrogens with zero attached hydrogens (tertiary/aromatic N) is 3. The predicted octanol–water partition coefficient (Wildman–Crippen LogP) is 4.61. The molecule has 1 heterocycles. The maximum Gasteiger partial charge on any atom is 0.256 e. The van der Waals surface area contributed by atoms with Gasteiger partial charge in [-0.05, 0) is 59.3 Å². The van der Waals surface area contributed by atoms with Gasteiger partial charge in [-0.2, -0.15) is 0 Å². The number of anilines is 4. The van der Waals surface area contributed by atoms with Gasteiger partial charge >= 0.3 is 0 Å². The lowest BCUT2D eigenvalue weighted by molar-refractivity contribution is 0.102. The van der Waals surface area contributed by atoms with E-state index >= 15 is 0 Å². The minimum absolute atomic E-state index is 0.162. The highest BCUT2D eigenvalue weighted by molar-refractivity contribution is 9.10. The molecule has 0 aliphatic carbocycles. The van der Waals surface area contributed by atoms with E-state index in [1.165, 1.54) is 0 Å². The van der Waals surface area contributed by atoms with Gasteiger partial charge in [0.1, 0.15) is 17.5 Å². The quantitative estimate of drug-likeness (QED) is 0.624. The third-order valence-electron chi connectivity index (χ3n) is 3.82. The van der Waals surface area contributed by atoms with E-state index in [2.05, 4.69) is 36.5 Å². The molecular formula is C20H20BrN5O. The predicted molar refractivity (Wildman–Crippen MR) is 113 cm³/mol. The van der Waals surface area contributed by atoms with Gasteiger partial charge < -0.3 is 15.5 Å². The Morgan fingerprint density at radius 3 is 2.33 bits per heavy atom. The molecule has 1 amide bonds. The molecule has 7 heteroatoms. The summed E-state index contributed by atoms with van der Waals surface area (Å²) in [5.41, 5.74) is 2.18. The molecule has 2 aromatic carbocycles. The van der Waals surface area contributed by atoms with Crippen LogP contribution in [0.1, 0.15) is 16.2 Å². The Morgan fingerprint density at radius 1 is 1.00 bits per heavy atom. The molecule has 0 aliphatic rings. The second-order valence-corrected chi connectivity index (χ2v) is 7.04. The van der Waals surface area contributed by atoms with Crippen LogP contribution in [0.15, 0.2) is 59.1 Å². The third-order valence-corrected chi connectivity index (χ3v) is 4.51. The number of aromatic nitrogens is 2. The highest BCUT2D eigenvalue weighted by Crippen LogP contribution is 2.22. The fraction of sp³-hybridized carbons (Fsp3) is 0.150. The van der Waals surface area contributed by atoms with Crippen LogP contribution in [0.4, 0.5) is 23.0 Å². The molecule has 3 rings (SSSR count). The fourth-order valence-corrected chi connectivity index (χ4v) is 2.94. The molecule has 0 aliphatic heterocycles. The molecule has 138 valence electrons. The maximum atomic E-state index is 12.4. The van der Waals surface area contributed by atoms with Crippen molar-refractivity contribution < 1.29 is 4.79 Å². The summed E-state index contributed by atoms with van der Waals surface area (Å²) in [6, 6.07) is 16.7. The lowest BCUT2D eigenvalue weighted by Gasteiger charge is -2.14. The molecule has 2 N–H and O–H groups in total. The summed E-state index contributed by atoms with van der Waals surface area (Å²) >= 11 is 3.39. The Kier molecular flexibility index (Phi) is 5.71. The van der Waals surface area contributed by atoms with Crippen LogP contribution in [-0.4, -0.2) is 30.0 Å². The lowest BCUT2D eigenvalue weighted by atomic mass is 10.2. The molecule has 1 aromatic heterocycles. The van der Waals surface area contributed by atoms with E-state index in [-0.39, 0.29) is 5.91 Å². The number of benzene rings is 2. The Balaban J connectivity index is 1.71. The van der Waals surface area contributed by atoms with Crippen LogP contribution in [0, 0.1) is 6.92 Å². The van der Waals surface area contributed by atoms with Gasteiger partial charge in [0.2, 0.25) is 0 Å². The number of hydrogen-bond acceptors (Lipinski definition) is 5. The normalized spacial score (nSPS) is 10.4. The summed E-state index contributed by atoms with van der Waals surface area (Å²) in [5.74, 6) is 2.09. The van der Waals surface area contributed by atoms with Crippen molar-refractivity contribution in [3.05, 3.63) is 70.5 Å². The summed E-state index contributed by atoms with van der Waals surface area (Å²) in [4.78, 5) is 23.1. The first-order chi connectivity index (χ1) is 12.9. The lowest BCUT2D eigenvalue weighted by Crippen LogP contribution is -2.13. The Hall–Kier alpha value is -2.93. The molecule has 27 heavy (non-hydrogen) atoms. The van der Waals surface area contributed by atoms with Crippen LogP contribution in [0.3, 0.4) is 0 Å². The van der Waals surface area contributed by atoms with Crippen LogP contribution in [0.25, 0.3) is 0 Å². The van der Waals surface area contributed by atoms with Crippen LogP contribution in [-0.2, 0) is 0 Å². The van der Waals surface area contributed by atoms with Gasteiger partial charge in [-0.3, -0.25) is 4.79 Å². The smallest absolute Gasteiger partial charge is 0.256 e. The highest BCUT2D eigenvalue weighted by atomic mass is 79.9. The molecule has 0 spiro atoms. The van der Waals surface area contributed by atoms with Gasteiger partial charge in [0, 0.05) is 36.0 Å². The van der Waals surface area contributed by atoms with Crippen LogP contribution < -0.4 is 15.5 Å². The van der Waals surface area contributed by atoms with Crippen molar-refractivity contribution >= 4 is 44.8 Å². The standard InChI is InChI=1S/C20H20BrN5O/c1-13-22-18(12-19(23-13)26(2)3)24-14-8-10-15(11-9-14)25-20(27)16-6-4-5-7-17(16)21/h4-12H,1-3H3,(H,25,27)(H,22,23,24). The van der Waals surface area contributed by atoms with Gasteiger partial charge in [-0.1, -0.05) is 12.1 Å². The van der Waals surface area contributed by atoms with E-state index in [9.17, 15) is 4.79 Å². The van der Waals surface area contributed by atoms with Gasteiger partial charge in [-0.25, -0.2) is 9.97 Å². The van der Waals surface area contributed by atoms with Gasteiger partial charge in [0.15, 0.2) is 0 Å². The number of hydrogen-bond donors (Lipinski definition) is 2. The fourth-order valence-electron chi connectivity index (χ4n) is 2.47. The zero-order valence-corrected chi connectivity index (χ0v) is 16.9. The molecule has 0 atom stereocenters. The zero-order valence-electron chi connectivity index (χ0n) is 15.3. The monoisotopic (exact) mass is 425 g/mol. The summed E-state index contributed by atoms with van der Waals surface area (Å²) < 4.78 is 0.761. The molecule has 0 saturated heterocycles. The third kappa shape index (κ3) is 4.83. The molecular weight excluding hydrogens is 406 g/mol. The number of carbonyl (C=O) groups is 1. The van der Waals surface area contributed by atoms with Crippen LogP contribution >= 0.6 is 15.9 Å². The van der Waals surface area contributed by atoms with E-state index in [1.54, 1.807) is 6.07 Å². The summed E-state index contributed by atoms with van der Waals surface area (Å²) in [6.45, 7) is 1.86. The van der Waals surface area contributed by atoms with E-state index in [0.29, 0.717) is 17.1 Å². The second-order valence-electron chi connectivity index (χ2n) is 6.19. The second kappa shape index (κ2) is 8.18. The molecule has 0 radical (unpaired) electrons. The number of rotatable bonds is 5. The number of carbonyl (C=O) groups excluding carboxylic acids is 1. The van der Waals surface area contributed by atoms with Gasteiger partial charge in [0.25, 0.3) is 5.91 Å². The Labute approximate surface area is 166 Å². The first-order valence-electron chi connectivity index (χ1n) is 8.38. The van der Waals surface area contributed by atoms with E-state index in [1.807, 2.05) is 74.4 Å². The van der Waals surface area contributed by atoms with Crippen LogP contribution in [0.5, 0.6) is 0 Å². The minimum atomic E-state index is -0.162. The summed E-state index contributed by atoms with van der Waals surface area (Å²) in [7, 11) is 3.88. The minimum Gasteiger partial charge on any atom is -0.363 e. The average Bonchev–Trinajstić information content (AvgIpc) is 2.63. The molecule has 3 aromatic rings. The van der Waals surface area contributed by atoms with Gasteiger partial charge in [0.05, 0.1) is 5.56 Å². The first-order valence-corrected chi connectivity index (χ1v) is 9.17. The van der Waals surface area contributed by atoms with Crippen molar-refractivity contribution in [2.45, 2.75) is 6.92 Å². The number of halogens is 1. The summed E-state index contributed by atoms with van der Waals surface area (Å²) in [6.07, 6.45) is 0. The highest BCUT2D eigenvalue weighted by Gasteiger charge is 2.09. The Bertz CT molecular complexity index is 957. The van der Waals surface area contributed by atoms with E-state index in [0.717, 1.165) is 21.8 Å². The molecule has 0 unspecified atom stereocenters. The Morgan fingerprint density at radius 2 is 1.67 bits per heavy atom. The SMILES string of the molecule is Cc1nc(Nc2ccc(NC(=O)c3ccccc3Br)cc2)cc(N(C)C)n1. The van der Waals surface area contributed by atoms with Crippen molar-refractivity contribution in [1.29, 1.82) is 0 Å². The van der Waals surface area contributed by atoms with Gasteiger partial charge in [-0.15, -0.1) is 0 Å². The maximum absolute atomic E-state index is 12.4. The molecule has 0 saturated carbocycles. The number of aryl methyl sites for hydroxylation is 1. The van der Waals surface area contributed by atoms with Crippen molar-refractivity contribution in [2.75, 3.05) is 29.6 Å². The first kappa shape index (κ1) is 18.8. The average molecular weight is 426 g/mol. The van der Waals surface area contributed by atoms with E-state index in [4.69, 9.17) is 0 Å². The van der Waals surface area contributed by atoms with E-state index < -0.39 is 0 Å². The van der Waals surface area contributed by atoms with Crippen molar-refractivity contribution in [2.24, 2.45) is 0 Å². The molecule has 0 bridgehead atoms. The largest absolute Gasteiger partial charge is 0.363 e. The topological polar surface area (TPSA) is 70.2 Å².